The number of rotatable bonds is 5. The predicted octanol–water partition coefficient (Wildman–Crippen LogP) is 3.30. The number of likely N-dealkylation sites (N-methyl/N-ethyl adjacent to an activating group) is 1. The van der Waals surface area contributed by atoms with E-state index in [1.807, 2.05) is 6.07 Å². The van der Waals surface area contributed by atoms with Gasteiger partial charge < -0.3 is 9.52 Å². The minimum atomic E-state index is -0.461. The second-order valence-electron chi connectivity index (χ2n) is 6.76. The van der Waals surface area contributed by atoms with Gasteiger partial charge in [0.2, 0.25) is 0 Å². The molecule has 1 aromatic heterocycles. The van der Waals surface area contributed by atoms with E-state index in [0.29, 0.717) is 5.92 Å². The minimum absolute atomic E-state index is 0.302. The largest absolute Gasteiger partial charge is 0.440 e. The molecule has 1 aliphatic carbocycles. The van der Waals surface area contributed by atoms with Crippen LogP contribution >= 0.6 is 0 Å². The fourth-order valence-corrected chi connectivity index (χ4v) is 2.95. The maximum atomic E-state index is 10.2. The van der Waals surface area contributed by atoms with Crippen LogP contribution in [0, 0.1) is 0 Å². The summed E-state index contributed by atoms with van der Waals surface area (Å²) in [5, 5.41) is 10.2. The van der Waals surface area contributed by atoms with E-state index in [-0.39, 0.29) is 0 Å². The Morgan fingerprint density at radius 2 is 2.14 bits per heavy atom. The molecular formula is C17H24N2O2. The molecule has 0 amide bonds. The van der Waals surface area contributed by atoms with E-state index < -0.39 is 5.60 Å². The number of oxazole rings is 1. The van der Waals surface area contributed by atoms with Gasteiger partial charge in [-0.1, -0.05) is 19.9 Å². The average molecular weight is 288 g/mol. The van der Waals surface area contributed by atoms with E-state index in [9.17, 15) is 5.11 Å². The molecule has 0 bridgehead atoms. The minimum Gasteiger partial charge on any atom is -0.440 e. The van der Waals surface area contributed by atoms with Crippen molar-refractivity contribution in [3.63, 3.8) is 0 Å². The normalized spacial score (nSPS) is 17.6. The van der Waals surface area contributed by atoms with Crippen molar-refractivity contribution >= 4 is 11.1 Å². The first-order valence-electron chi connectivity index (χ1n) is 7.75. The third kappa shape index (κ3) is 3.11. The summed E-state index contributed by atoms with van der Waals surface area (Å²) >= 11 is 0. The first-order valence-corrected chi connectivity index (χ1v) is 7.75. The van der Waals surface area contributed by atoms with Crippen LogP contribution in [0.4, 0.5) is 0 Å². The van der Waals surface area contributed by atoms with Crippen molar-refractivity contribution in [2.24, 2.45) is 0 Å². The van der Waals surface area contributed by atoms with Crippen LogP contribution in [0.1, 0.15) is 50.5 Å². The molecule has 1 heterocycles. The van der Waals surface area contributed by atoms with Gasteiger partial charge in [0.15, 0.2) is 11.5 Å². The Bertz CT molecular complexity index is 629. The van der Waals surface area contributed by atoms with E-state index in [1.54, 1.807) is 0 Å². The van der Waals surface area contributed by atoms with Crippen LogP contribution in [0.5, 0.6) is 0 Å². The van der Waals surface area contributed by atoms with E-state index in [1.165, 1.54) is 5.56 Å². The first-order chi connectivity index (χ1) is 9.95. The Morgan fingerprint density at radius 3 is 2.76 bits per heavy atom. The molecule has 1 N–H and O–H groups in total. The number of hydrogen-bond donors (Lipinski definition) is 1. The Balaban J connectivity index is 1.71. The van der Waals surface area contributed by atoms with Gasteiger partial charge in [0.1, 0.15) is 5.52 Å². The highest BCUT2D eigenvalue weighted by molar-refractivity contribution is 5.73. The molecule has 0 aliphatic heterocycles. The van der Waals surface area contributed by atoms with E-state index >= 15 is 0 Å². The zero-order valence-electron chi connectivity index (χ0n) is 13.1. The number of nitrogens with zero attached hydrogens (tertiary/aromatic N) is 2. The molecule has 0 radical (unpaired) electrons. The molecule has 1 aliphatic rings. The van der Waals surface area contributed by atoms with Gasteiger partial charge in [0, 0.05) is 19.0 Å². The first kappa shape index (κ1) is 14.5. The molecule has 1 aromatic carbocycles. The lowest BCUT2D eigenvalue weighted by Gasteiger charge is -2.39. The van der Waals surface area contributed by atoms with Crippen LogP contribution in [-0.2, 0) is 6.54 Å². The lowest BCUT2D eigenvalue weighted by atomic mass is 9.80. The van der Waals surface area contributed by atoms with Crippen molar-refractivity contribution < 1.29 is 9.52 Å². The SMILES string of the molecule is CC(C)c1nc2cc(CN(C)CC3(O)CCC3)ccc2o1. The fraction of sp³-hybridized carbons (Fsp3) is 0.588. The summed E-state index contributed by atoms with van der Waals surface area (Å²) < 4.78 is 5.73. The zero-order valence-corrected chi connectivity index (χ0v) is 13.1. The molecule has 3 rings (SSSR count). The predicted molar refractivity (Wildman–Crippen MR) is 83.2 cm³/mol. The molecular weight excluding hydrogens is 264 g/mol. The summed E-state index contributed by atoms with van der Waals surface area (Å²) in [6.45, 7) is 5.72. The Morgan fingerprint density at radius 1 is 1.38 bits per heavy atom. The molecule has 4 heteroatoms. The van der Waals surface area contributed by atoms with Gasteiger partial charge in [-0.05, 0) is 44.0 Å². The van der Waals surface area contributed by atoms with Gasteiger partial charge in [0.05, 0.1) is 5.60 Å². The van der Waals surface area contributed by atoms with Crippen molar-refractivity contribution in [3.05, 3.63) is 29.7 Å². The third-order valence-electron chi connectivity index (χ3n) is 4.26. The monoisotopic (exact) mass is 288 g/mol. The van der Waals surface area contributed by atoms with Crippen LogP contribution in [0.15, 0.2) is 22.6 Å². The van der Waals surface area contributed by atoms with Gasteiger partial charge in [-0.2, -0.15) is 0 Å². The van der Waals surface area contributed by atoms with Gasteiger partial charge in [-0.15, -0.1) is 0 Å². The van der Waals surface area contributed by atoms with E-state index in [0.717, 1.165) is 49.3 Å². The highest BCUT2D eigenvalue weighted by atomic mass is 16.3. The second kappa shape index (κ2) is 5.43. The summed E-state index contributed by atoms with van der Waals surface area (Å²) in [4.78, 5) is 6.73. The van der Waals surface area contributed by atoms with Crippen molar-refractivity contribution in [2.75, 3.05) is 13.6 Å². The maximum absolute atomic E-state index is 10.2. The molecule has 0 spiro atoms. The molecule has 1 saturated carbocycles. The average Bonchev–Trinajstić information content (AvgIpc) is 2.80. The zero-order chi connectivity index (χ0) is 15.0. The van der Waals surface area contributed by atoms with E-state index in [4.69, 9.17) is 4.42 Å². The summed E-state index contributed by atoms with van der Waals surface area (Å²) in [5.74, 6) is 1.09. The summed E-state index contributed by atoms with van der Waals surface area (Å²) in [7, 11) is 2.06. The highest BCUT2D eigenvalue weighted by Gasteiger charge is 2.35. The Kier molecular flexibility index (Phi) is 3.76. The number of aliphatic hydroxyl groups is 1. The summed E-state index contributed by atoms with van der Waals surface area (Å²) in [6.07, 6.45) is 3.00. The number of benzene rings is 1. The Labute approximate surface area is 125 Å². The quantitative estimate of drug-likeness (QED) is 0.917. The molecule has 4 nitrogen and oxygen atoms in total. The van der Waals surface area contributed by atoms with Gasteiger partial charge in [-0.25, -0.2) is 4.98 Å². The summed E-state index contributed by atoms with van der Waals surface area (Å²) in [5.41, 5.74) is 2.52. The standard InChI is InChI=1S/C17H24N2O2/c1-12(2)16-18-14-9-13(5-6-15(14)21-16)10-19(3)11-17(20)7-4-8-17/h5-6,9,12,20H,4,7-8,10-11H2,1-3H3. The van der Waals surface area contributed by atoms with Crippen LogP contribution < -0.4 is 0 Å². The van der Waals surface area contributed by atoms with Crippen LogP contribution in [0.3, 0.4) is 0 Å². The van der Waals surface area contributed by atoms with Crippen LogP contribution in [0.2, 0.25) is 0 Å². The smallest absolute Gasteiger partial charge is 0.198 e. The lowest BCUT2D eigenvalue weighted by Crippen LogP contribution is -2.46. The van der Waals surface area contributed by atoms with Crippen molar-refractivity contribution in [3.8, 4) is 0 Å². The van der Waals surface area contributed by atoms with Crippen LogP contribution in [-0.4, -0.2) is 34.2 Å². The highest BCUT2D eigenvalue weighted by Crippen LogP contribution is 2.32. The van der Waals surface area contributed by atoms with Crippen molar-refractivity contribution in [1.29, 1.82) is 0 Å². The number of fused-ring (bicyclic) bond motifs is 1. The van der Waals surface area contributed by atoms with Gasteiger partial charge >= 0.3 is 0 Å². The molecule has 114 valence electrons. The maximum Gasteiger partial charge on any atom is 0.198 e. The second-order valence-corrected chi connectivity index (χ2v) is 6.76. The van der Waals surface area contributed by atoms with Crippen molar-refractivity contribution in [2.45, 2.75) is 51.2 Å². The molecule has 1 fully saturated rings. The van der Waals surface area contributed by atoms with Crippen LogP contribution in [0.25, 0.3) is 11.1 Å². The number of hydrogen-bond acceptors (Lipinski definition) is 4. The van der Waals surface area contributed by atoms with Gasteiger partial charge in [0.25, 0.3) is 0 Å². The molecule has 0 atom stereocenters. The van der Waals surface area contributed by atoms with Crippen molar-refractivity contribution in [1.82, 2.24) is 9.88 Å². The Hall–Kier alpha value is -1.39. The summed E-state index contributed by atoms with van der Waals surface area (Å²) in [6, 6.07) is 6.17. The lowest BCUT2D eigenvalue weighted by molar-refractivity contribution is -0.0555. The topological polar surface area (TPSA) is 49.5 Å². The number of aromatic nitrogens is 1. The van der Waals surface area contributed by atoms with E-state index in [2.05, 4.69) is 42.9 Å². The molecule has 0 unspecified atom stereocenters. The molecule has 2 aromatic rings. The molecule has 21 heavy (non-hydrogen) atoms. The molecule has 0 saturated heterocycles. The fourth-order valence-electron chi connectivity index (χ4n) is 2.95. The van der Waals surface area contributed by atoms with Gasteiger partial charge in [-0.3, -0.25) is 4.90 Å². The third-order valence-corrected chi connectivity index (χ3v) is 4.26.